The van der Waals surface area contributed by atoms with Crippen LogP contribution in [-0.4, -0.2) is 12.1 Å². The topological polar surface area (TPSA) is 26.3 Å². The van der Waals surface area contributed by atoms with Gasteiger partial charge in [-0.15, -0.1) is 0 Å². The van der Waals surface area contributed by atoms with Crippen LogP contribution in [0.25, 0.3) is 0 Å². The first-order valence-corrected chi connectivity index (χ1v) is 7.80. The van der Waals surface area contributed by atoms with E-state index in [2.05, 4.69) is 20.8 Å². The molecule has 2 aliphatic rings. The Labute approximate surface area is 129 Å². The molecule has 2 fully saturated rings. The highest BCUT2D eigenvalue weighted by Crippen LogP contribution is 2.66. The van der Waals surface area contributed by atoms with Gasteiger partial charge in [0.1, 0.15) is 17.5 Å². The van der Waals surface area contributed by atoms with Gasteiger partial charge in [0.15, 0.2) is 0 Å². The first-order chi connectivity index (χ1) is 9.77. The van der Waals surface area contributed by atoms with Gasteiger partial charge in [0.2, 0.25) is 0 Å². The average Bonchev–Trinajstić information content (AvgIpc) is 2.71. The average molecular weight is 311 g/mol. The molecule has 3 atom stereocenters. The summed E-state index contributed by atoms with van der Waals surface area (Å²) in [6.45, 7) is 6.67. The van der Waals surface area contributed by atoms with Crippen LogP contribution in [0.15, 0.2) is 18.2 Å². The number of ether oxygens (including phenoxy) is 1. The number of hydrogen-bond acceptors (Lipinski definition) is 2. The van der Waals surface area contributed by atoms with Crippen molar-refractivity contribution in [2.24, 2.45) is 16.7 Å². The number of benzene rings is 1. The number of hydrogen-bond donors (Lipinski definition) is 0. The van der Waals surface area contributed by atoms with Crippen LogP contribution in [0.4, 0.5) is 4.39 Å². The predicted octanol–water partition coefficient (Wildman–Crippen LogP) is 4.85. The molecule has 2 saturated carbocycles. The van der Waals surface area contributed by atoms with Crippen molar-refractivity contribution in [2.75, 3.05) is 0 Å². The van der Waals surface area contributed by atoms with E-state index in [-0.39, 0.29) is 27.5 Å². The van der Waals surface area contributed by atoms with Crippen LogP contribution in [0.3, 0.4) is 0 Å². The molecule has 0 aromatic heterocycles. The van der Waals surface area contributed by atoms with E-state index in [9.17, 15) is 9.18 Å². The van der Waals surface area contributed by atoms with Gasteiger partial charge in [-0.25, -0.2) is 9.18 Å². The fourth-order valence-electron chi connectivity index (χ4n) is 4.19. The van der Waals surface area contributed by atoms with E-state index in [0.717, 1.165) is 12.8 Å². The van der Waals surface area contributed by atoms with Gasteiger partial charge in [-0.3, -0.25) is 0 Å². The Balaban J connectivity index is 1.84. The van der Waals surface area contributed by atoms with Crippen LogP contribution in [0, 0.1) is 22.6 Å². The molecule has 2 nitrogen and oxygen atoms in total. The molecule has 2 bridgehead atoms. The van der Waals surface area contributed by atoms with Crippen LogP contribution in [-0.2, 0) is 4.74 Å². The lowest BCUT2D eigenvalue weighted by atomic mass is 9.70. The van der Waals surface area contributed by atoms with Gasteiger partial charge in [-0.05, 0) is 42.7 Å². The summed E-state index contributed by atoms with van der Waals surface area (Å²) in [6, 6.07) is 4.22. The first-order valence-electron chi connectivity index (χ1n) is 7.42. The molecule has 114 valence electrons. The third-order valence-corrected chi connectivity index (χ3v) is 6.45. The molecule has 21 heavy (non-hydrogen) atoms. The SMILES string of the molecule is CC1(C)C2CCC1(C)C(OC(=O)c1c(F)cccc1Cl)C2. The second-order valence-electron chi connectivity index (χ2n) is 7.10. The van der Waals surface area contributed by atoms with Gasteiger partial charge in [0.25, 0.3) is 0 Å². The summed E-state index contributed by atoms with van der Waals surface area (Å²) < 4.78 is 19.5. The van der Waals surface area contributed by atoms with Crippen molar-refractivity contribution < 1.29 is 13.9 Å². The zero-order chi connectivity index (χ0) is 15.4. The van der Waals surface area contributed by atoms with Crippen molar-refractivity contribution in [3.8, 4) is 0 Å². The van der Waals surface area contributed by atoms with Crippen molar-refractivity contribution >= 4 is 17.6 Å². The molecule has 0 radical (unpaired) electrons. The lowest BCUT2D eigenvalue weighted by Gasteiger charge is -2.38. The first kappa shape index (κ1) is 14.8. The van der Waals surface area contributed by atoms with Gasteiger partial charge in [-0.2, -0.15) is 0 Å². The molecule has 2 aliphatic carbocycles. The van der Waals surface area contributed by atoms with Crippen LogP contribution in [0.5, 0.6) is 0 Å². The molecule has 0 spiro atoms. The van der Waals surface area contributed by atoms with Crippen molar-refractivity contribution in [3.63, 3.8) is 0 Å². The second kappa shape index (κ2) is 4.70. The maximum atomic E-state index is 13.8. The molecule has 0 N–H and O–H groups in total. The molecular formula is C17H20ClFO2. The van der Waals surface area contributed by atoms with E-state index in [1.165, 1.54) is 24.6 Å². The summed E-state index contributed by atoms with van der Waals surface area (Å²) in [5.41, 5.74) is -0.0366. The van der Waals surface area contributed by atoms with E-state index in [1.54, 1.807) is 0 Å². The van der Waals surface area contributed by atoms with Gasteiger partial charge in [0, 0.05) is 5.41 Å². The van der Waals surface area contributed by atoms with E-state index in [0.29, 0.717) is 5.92 Å². The highest BCUT2D eigenvalue weighted by Gasteiger charge is 2.62. The molecule has 3 rings (SSSR count). The maximum absolute atomic E-state index is 13.8. The number of halogens is 2. The standard InChI is InChI=1S/C17H20ClFO2/c1-16(2)10-7-8-17(16,3)13(9-10)21-15(20)14-11(18)5-4-6-12(14)19/h4-6,10,13H,7-9H2,1-3H3. The van der Waals surface area contributed by atoms with Crippen molar-refractivity contribution in [1.29, 1.82) is 0 Å². The summed E-state index contributed by atoms with van der Waals surface area (Å²) in [7, 11) is 0. The number of rotatable bonds is 2. The minimum Gasteiger partial charge on any atom is -0.458 e. The number of esters is 1. The van der Waals surface area contributed by atoms with Crippen LogP contribution >= 0.6 is 11.6 Å². The van der Waals surface area contributed by atoms with Crippen molar-refractivity contribution in [3.05, 3.63) is 34.6 Å². The zero-order valence-electron chi connectivity index (χ0n) is 12.6. The van der Waals surface area contributed by atoms with Gasteiger partial charge >= 0.3 is 5.97 Å². The summed E-state index contributed by atoms with van der Waals surface area (Å²) in [4.78, 5) is 12.3. The third-order valence-electron chi connectivity index (χ3n) is 6.13. The minimum atomic E-state index is -0.646. The van der Waals surface area contributed by atoms with Crippen molar-refractivity contribution in [2.45, 2.75) is 46.1 Å². The third kappa shape index (κ3) is 2.01. The number of fused-ring (bicyclic) bond motifs is 2. The molecule has 1 aromatic rings. The lowest BCUT2D eigenvalue weighted by molar-refractivity contribution is -0.0245. The fraction of sp³-hybridized carbons (Fsp3) is 0.588. The summed E-state index contributed by atoms with van der Waals surface area (Å²) in [5, 5.41) is 0.104. The van der Waals surface area contributed by atoms with Gasteiger partial charge in [0.05, 0.1) is 5.02 Å². The predicted molar refractivity (Wildman–Crippen MR) is 79.8 cm³/mol. The largest absolute Gasteiger partial charge is 0.458 e. The van der Waals surface area contributed by atoms with Gasteiger partial charge < -0.3 is 4.74 Å². The van der Waals surface area contributed by atoms with E-state index < -0.39 is 11.8 Å². The van der Waals surface area contributed by atoms with E-state index >= 15 is 0 Å². The van der Waals surface area contributed by atoms with E-state index in [4.69, 9.17) is 16.3 Å². The summed E-state index contributed by atoms with van der Waals surface area (Å²) in [6.07, 6.45) is 2.93. The molecular weight excluding hydrogens is 291 g/mol. The minimum absolute atomic E-state index is 0.0366. The second-order valence-corrected chi connectivity index (χ2v) is 7.51. The molecule has 3 unspecified atom stereocenters. The summed E-state index contributed by atoms with van der Waals surface area (Å²) >= 11 is 5.94. The Morgan fingerprint density at radius 2 is 2.10 bits per heavy atom. The number of carbonyl (C=O) groups is 1. The highest BCUT2D eigenvalue weighted by molar-refractivity contribution is 6.33. The Morgan fingerprint density at radius 3 is 2.62 bits per heavy atom. The Kier molecular flexibility index (Phi) is 3.32. The van der Waals surface area contributed by atoms with Crippen molar-refractivity contribution in [1.82, 2.24) is 0 Å². The maximum Gasteiger partial charge on any atom is 0.342 e. The highest BCUT2D eigenvalue weighted by atomic mass is 35.5. The molecule has 0 heterocycles. The molecule has 0 saturated heterocycles. The van der Waals surface area contributed by atoms with Crippen LogP contribution in [0.2, 0.25) is 5.02 Å². The smallest absolute Gasteiger partial charge is 0.342 e. The van der Waals surface area contributed by atoms with E-state index in [1.807, 2.05) is 0 Å². The quantitative estimate of drug-likeness (QED) is 0.730. The summed E-state index contributed by atoms with van der Waals surface area (Å²) in [5.74, 6) is -0.705. The Morgan fingerprint density at radius 1 is 1.38 bits per heavy atom. The fourth-order valence-corrected chi connectivity index (χ4v) is 4.43. The normalized spacial score (nSPS) is 33.2. The molecule has 1 aromatic carbocycles. The zero-order valence-corrected chi connectivity index (χ0v) is 13.3. The van der Waals surface area contributed by atoms with Crippen LogP contribution in [0.1, 0.15) is 50.4 Å². The Bertz CT molecular complexity index is 578. The lowest BCUT2D eigenvalue weighted by Crippen LogP contribution is -2.38. The number of carbonyl (C=O) groups excluding carboxylic acids is 1. The molecule has 4 heteroatoms. The molecule has 0 amide bonds. The van der Waals surface area contributed by atoms with Gasteiger partial charge in [-0.1, -0.05) is 38.4 Å². The molecule has 0 aliphatic heterocycles. The monoisotopic (exact) mass is 310 g/mol. The van der Waals surface area contributed by atoms with Crippen LogP contribution < -0.4 is 0 Å². The Hall–Kier alpha value is -1.09.